The fourth-order valence-electron chi connectivity index (χ4n) is 2.20. The number of hydrogen-bond donors (Lipinski definition) is 1. The van der Waals surface area contributed by atoms with Crippen molar-refractivity contribution in [2.45, 2.75) is 19.6 Å². The molecule has 0 saturated heterocycles. The van der Waals surface area contributed by atoms with E-state index in [0.717, 1.165) is 18.4 Å². The molecule has 154 valence electrons. The molecule has 2 rings (SSSR count). The second-order valence-corrected chi connectivity index (χ2v) is 6.93. The van der Waals surface area contributed by atoms with Crippen molar-refractivity contribution < 1.29 is 27.7 Å². The predicted molar refractivity (Wildman–Crippen MR) is 101 cm³/mol. The third kappa shape index (κ3) is 6.10. The van der Waals surface area contributed by atoms with E-state index >= 15 is 0 Å². The van der Waals surface area contributed by atoms with Gasteiger partial charge in [0.2, 0.25) is 5.91 Å². The van der Waals surface area contributed by atoms with Gasteiger partial charge in [0.15, 0.2) is 5.13 Å². The normalized spacial score (nSPS) is 11.5. The molecule has 0 atom stereocenters. The molecule has 0 radical (unpaired) electrons. The summed E-state index contributed by atoms with van der Waals surface area (Å²) < 4.78 is 37.8. The number of benzene rings is 1. The van der Waals surface area contributed by atoms with Crippen molar-refractivity contribution in [1.29, 1.82) is 0 Å². The summed E-state index contributed by atoms with van der Waals surface area (Å²) in [5, 5.41) is 13.3. The zero-order chi connectivity index (χ0) is 21.8. The van der Waals surface area contributed by atoms with Crippen LogP contribution in [0.1, 0.15) is 23.1 Å². The molecule has 0 unspecified atom stereocenters. The Morgan fingerprint density at radius 2 is 1.90 bits per heavy atom. The van der Waals surface area contributed by atoms with Crippen LogP contribution >= 0.6 is 11.3 Å². The highest BCUT2D eigenvalue weighted by Gasteiger charge is 2.41. The molecule has 1 heterocycles. The smallest absolute Gasteiger partial charge is 0.333 e. The lowest BCUT2D eigenvalue weighted by molar-refractivity contribution is -0.384. The Morgan fingerprint density at radius 1 is 1.28 bits per heavy atom. The molecule has 8 nitrogen and oxygen atoms in total. The maximum absolute atomic E-state index is 12.6. The van der Waals surface area contributed by atoms with E-state index in [4.69, 9.17) is 0 Å². The number of hydrogen-bond acceptors (Lipinski definition) is 6. The summed E-state index contributed by atoms with van der Waals surface area (Å²) in [6.07, 6.45) is -1.95. The van der Waals surface area contributed by atoms with E-state index in [2.05, 4.69) is 10.3 Å². The third-order valence-electron chi connectivity index (χ3n) is 3.52. The van der Waals surface area contributed by atoms with E-state index in [1.807, 2.05) is 0 Å². The van der Waals surface area contributed by atoms with E-state index in [-0.39, 0.29) is 23.1 Å². The van der Waals surface area contributed by atoms with Crippen LogP contribution in [-0.2, 0) is 16.1 Å². The first-order valence-corrected chi connectivity index (χ1v) is 8.81. The number of carbonyl (C=O) groups is 2. The number of alkyl halides is 3. The number of nitro groups is 1. The van der Waals surface area contributed by atoms with Gasteiger partial charge in [0.25, 0.3) is 5.69 Å². The van der Waals surface area contributed by atoms with Crippen LogP contribution in [0.3, 0.4) is 0 Å². The van der Waals surface area contributed by atoms with Crippen LogP contribution in [0.5, 0.6) is 0 Å². The number of rotatable bonds is 6. The summed E-state index contributed by atoms with van der Waals surface area (Å²) in [5.41, 5.74) is 0.769. The molecular formula is C17H15F3N4O4S. The van der Waals surface area contributed by atoms with Gasteiger partial charge in [-0.05, 0) is 23.8 Å². The molecule has 0 bridgehead atoms. The number of halogens is 3. The number of aromatic nitrogens is 1. The number of nitro benzene ring substituents is 1. The molecular weight excluding hydrogens is 413 g/mol. The first-order chi connectivity index (χ1) is 13.5. The van der Waals surface area contributed by atoms with Crippen molar-refractivity contribution in [2.24, 2.45) is 0 Å². The number of nitrogens with zero attached hydrogens (tertiary/aromatic N) is 3. The Bertz CT molecular complexity index is 955. The van der Waals surface area contributed by atoms with Gasteiger partial charge in [-0.3, -0.25) is 19.7 Å². The lowest BCUT2D eigenvalue weighted by Crippen LogP contribution is -2.37. The van der Waals surface area contributed by atoms with Gasteiger partial charge in [-0.25, -0.2) is 4.98 Å². The van der Waals surface area contributed by atoms with Crippen LogP contribution in [0.15, 0.2) is 24.3 Å². The maximum atomic E-state index is 12.6. The second kappa shape index (κ2) is 8.82. The van der Waals surface area contributed by atoms with Gasteiger partial charge < -0.3 is 10.2 Å². The first-order valence-electron chi connectivity index (χ1n) is 7.99. The summed E-state index contributed by atoms with van der Waals surface area (Å²) >= 11 is 0.941. The fraction of sp³-hybridized carbons (Fsp3) is 0.235. The van der Waals surface area contributed by atoms with Crippen molar-refractivity contribution in [1.82, 2.24) is 9.88 Å². The number of amides is 2. The van der Waals surface area contributed by atoms with Crippen LogP contribution in [-0.4, -0.2) is 39.8 Å². The Labute approximate surface area is 166 Å². The minimum atomic E-state index is -5.01. The minimum absolute atomic E-state index is 0.0864. The molecule has 1 aromatic heterocycles. The molecule has 1 N–H and O–H groups in total. The number of thiazole rings is 1. The second-order valence-electron chi connectivity index (χ2n) is 5.85. The van der Waals surface area contributed by atoms with E-state index in [1.165, 1.54) is 37.3 Å². The molecule has 0 aliphatic carbocycles. The minimum Gasteiger partial charge on any atom is -0.333 e. The monoisotopic (exact) mass is 428 g/mol. The maximum Gasteiger partial charge on any atom is 0.471 e. The highest BCUT2D eigenvalue weighted by molar-refractivity contribution is 7.16. The van der Waals surface area contributed by atoms with Gasteiger partial charge in [0, 0.05) is 26.1 Å². The number of nitrogens with one attached hydrogen (secondary N) is 1. The Kier molecular flexibility index (Phi) is 6.69. The first kappa shape index (κ1) is 22.0. The highest BCUT2D eigenvalue weighted by atomic mass is 32.1. The SMILES string of the molecule is CC(=O)Nc1nc(C=Cc2ccc([N+](=O)[O-])cc2)c(CN(C)C(=O)C(F)(F)F)s1. The van der Waals surface area contributed by atoms with Crippen molar-refractivity contribution in [3.8, 4) is 0 Å². The fourth-order valence-corrected chi connectivity index (χ4v) is 3.25. The standard InChI is InChI=1S/C17H15F3N4O4S/c1-10(25)21-16-22-13(8-5-11-3-6-12(7-4-11)24(27)28)14(29-16)9-23(2)15(26)17(18,19)20/h3-8H,9H2,1-2H3,(H,21,22,25). The van der Waals surface area contributed by atoms with Crippen LogP contribution in [0.2, 0.25) is 0 Å². The van der Waals surface area contributed by atoms with Gasteiger partial charge in [-0.1, -0.05) is 17.4 Å². The zero-order valence-corrected chi connectivity index (χ0v) is 16.0. The van der Waals surface area contributed by atoms with Gasteiger partial charge in [0.1, 0.15) is 0 Å². The molecule has 0 saturated carbocycles. The molecule has 0 spiro atoms. The number of anilines is 1. The number of non-ortho nitro benzene ring substituents is 1. The molecule has 0 aliphatic heterocycles. The van der Waals surface area contributed by atoms with E-state index < -0.39 is 22.9 Å². The zero-order valence-electron chi connectivity index (χ0n) is 15.2. The van der Waals surface area contributed by atoms with Gasteiger partial charge >= 0.3 is 12.1 Å². The molecule has 0 aliphatic rings. The van der Waals surface area contributed by atoms with Crippen molar-refractivity contribution >= 4 is 46.1 Å². The summed E-state index contributed by atoms with van der Waals surface area (Å²) in [6, 6.07) is 5.60. The molecule has 2 amide bonds. The molecule has 1 aromatic carbocycles. The van der Waals surface area contributed by atoms with Gasteiger partial charge in [-0.2, -0.15) is 13.2 Å². The Morgan fingerprint density at radius 3 is 2.41 bits per heavy atom. The molecule has 29 heavy (non-hydrogen) atoms. The van der Waals surface area contributed by atoms with Crippen LogP contribution < -0.4 is 5.32 Å². The van der Waals surface area contributed by atoms with E-state index in [1.54, 1.807) is 6.08 Å². The number of carbonyl (C=O) groups excluding carboxylic acids is 2. The average Bonchev–Trinajstić information content (AvgIpc) is 2.99. The van der Waals surface area contributed by atoms with Crippen LogP contribution in [0.4, 0.5) is 24.0 Å². The Balaban J connectivity index is 2.29. The largest absolute Gasteiger partial charge is 0.471 e. The average molecular weight is 428 g/mol. The summed E-state index contributed by atoms with van der Waals surface area (Å²) in [5.74, 6) is -2.41. The predicted octanol–water partition coefficient (Wildman–Crippen LogP) is 3.70. The van der Waals surface area contributed by atoms with Crippen LogP contribution in [0, 0.1) is 10.1 Å². The molecule has 12 heteroatoms. The highest BCUT2D eigenvalue weighted by Crippen LogP contribution is 2.28. The lowest BCUT2D eigenvalue weighted by atomic mass is 10.2. The van der Waals surface area contributed by atoms with Gasteiger partial charge in [0.05, 0.1) is 22.0 Å². The summed E-state index contributed by atoms with van der Waals surface area (Å²) in [6.45, 7) is 0.891. The van der Waals surface area contributed by atoms with Crippen LogP contribution in [0.25, 0.3) is 12.2 Å². The van der Waals surface area contributed by atoms with Crippen molar-refractivity contribution in [3.63, 3.8) is 0 Å². The van der Waals surface area contributed by atoms with Crippen molar-refractivity contribution in [2.75, 3.05) is 12.4 Å². The molecule has 0 fully saturated rings. The third-order valence-corrected chi connectivity index (χ3v) is 4.49. The van der Waals surface area contributed by atoms with Gasteiger partial charge in [-0.15, -0.1) is 0 Å². The molecule has 2 aromatic rings. The summed E-state index contributed by atoms with van der Waals surface area (Å²) in [7, 11) is 1.01. The summed E-state index contributed by atoms with van der Waals surface area (Å²) in [4.78, 5) is 37.7. The van der Waals surface area contributed by atoms with E-state index in [0.29, 0.717) is 15.3 Å². The van der Waals surface area contributed by atoms with Crippen molar-refractivity contribution in [3.05, 3.63) is 50.5 Å². The van der Waals surface area contributed by atoms with E-state index in [9.17, 15) is 32.9 Å². The lowest BCUT2D eigenvalue weighted by Gasteiger charge is -2.17. The topological polar surface area (TPSA) is 105 Å². The quantitative estimate of drug-likeness (QED) is 0.558. The Hall–Kier alpha value is -3.28.